The highest BCUT2D eigenvalue weighted by Crippen LogP contribution is 2.49. The number of ether oxygens (including phenoxy) is 1. The van der Waals surface area contributed by atoms with Crippen LogP contribution in [0.2, 0.25) is 18.1 Å². The lowest BCUT2D eigenvalue weighted by Crippen LogP contribution is -2.42. The van der Waals surface area contributed by atoms with Crippen LogP contribution in [0.1, 0.15) is 85.4 Å². The second kappa shape index (κ2) is 10.8. The number of pyridine rings is 2. The lowest BCUT2D eigenvalue weighted by molar-refractivity contribution is -0.149. The molecule has 0 spiro atoms. The number of aryl methyl sites for hydroxylation is 1. The molecule has 218 valence electrons. The lowest BCUT2D eigenvalue weighted by atomic mass is 9.81. The van der Waals surface area contributed by atoms with Gasteiger partial charge in [-0.2, -0.15) is 5.26 Å². The normalized spacial score (nSPS) is 19.9. The van der Waals surface area contributed by atoms with Crippen LogP contribution in [-0.2, 0) is 20.4 Å². The molecule has 0 fully saturated rings. The summed E-state index contributed by atoms with van der Waals surface area (Å²) in [6, 6.07) is 8.48. The number of halogens is 2. The van der Waals surface area contributed by atoms with Gasteiger partial charge in [0.1, 0.15) is 12.0 Å². The highest BCUT2D eigenvalue weighted by Gasteiger charge is 2.43. The number of nitrogens with zero attached hydrogens (tertiary/aromatic N) is 3. The van der Waals surface area contributed by atoms with E-state index in [0.29, 0.717) is 56.8 Å². The third-order valence-corrected chi connectivity index (χ3v) is 13.2. The maximum absolute atomic E-state index is 15.7. The van der Waals surface area contributed by atoms with Crippen LogP contribution in [0.15, 0.2) is 42.7 Å². The van der Waals surface area contributed by atoms with Crippen LogP contribution >= 0.6 is 0 Å². The third-order valence-electron chi connectivity index (χ3n) is 8.73. The van der Waals surface area contributed by atoms with Crippen LogP contribution in [0, 0.1) is 24.1 Å². The standard InChI is InChI=1S/C33H35F2N3O3Si/c1-18-22(9-8-12-37-18)31-30-24(15-27(35)32(30)40-19(2)39)26(17-38-31)23-10-11-28(41-42(6,7)33(3,4)5)25-14-21(34)13-20(16-36)29(23)25/h8-10,12-14,17,27-28,32H,11,15H2,1-7H3/t27-,28?,32-/m1/s1. The van der Waals surface area contributed by atoms with Crippen molar-refractivity contribution in [3.63, 3.8) is 0 Å². The fraction of sp³-hybridized carbons (Fsp3) is 0.394. The van der Waals surface area contributed by atoms with Gasteiger partial charge in [0.25, 0.3) is 0 Å². The van der Waals surface area contributed by atoms with Crippen molar-refractivity contribution >= 4 is 19.9 Å². The van der Waals surface area contributed by atoms with E-state index in [1.54, 1.807) is 18.5 Å². The molecule has 0 radical (unpaired) electrons. The third kappa shape index (κ3) is 5.18. The molecular formula is C33H35F2N3O3Si. The summed E-state index contributed by atoms with van der Waals surface area (Å²) in [5, 5.41) is 10.0. The summed E-state index contributed by atoms with van der Waals surface area (Å²) < 4.78 is 42.8. The van der Waals surface area contributed by atoms with E-state index in [9.17, 15) is 14.4 Å². The minimum atomic E-state index is -2.26. The maximum Gasteiger partial charge on any atom is 0.303 e. The second-order valence-electron chi connectivity index (χ2n) is 12.5. The van der Waals surface area contributed by atoms with E-state index in [0.717, 1.165) is 0 Å². The average Bonchev–Trinajstić information content (AvgIpc) is 3.23. The smallest absolute Gasteiger partial charge is 0.303 e. The van der Waals surface area contributed by atoms with Crippen molar-refractivity contribution in [3.8, 4) is 17.3 Å². The molecule has 2 aliphatic carbocycles. The quantitative estimate of drug-likeness (QED) is 0.223. The van der Waals surface area contributed by atoms with Gasteiger partial charge in [-0.25, -0.2) is 8.78 Å². The van der Waals surface area contributed by atoms with E-state index in [1.165, 1.54) is 19.1 Å². The van der Waals surface area contributed by atoms with Crippen molar-refractivity contribution in [2.75, 3.05) is 0 Å². The topological polar surface area (TPSA) is 85.1 Å². The van der Waals surface area contributed by atoms with Gasteiger partial charge >= 0.3 is 5.97 Å². The Morgan fingerprint density at radius 2 is 1.93 bits per heavy atom. The molecule has 6 nitrogen and oxygen atoms in total. The summed E-state index contributed by atoms with van der Waals surface area (Å²) in [6.07, 6.45) is 2.73. The first kappa shape index (κ1) is 29.7. The van der Waals surface area contributed by atoms with Crippen molar-refractivity contribution in [2.45, 2.75) is 84.0 Å². The second-order valence-corrected chi connectivity index (χ2v) is 17.3. The van der Waals surface area contributed by atoms with E-state index >= 15 is 4.39 Å². The number of alkyl halides is 1. The van der Waals surface area contributed by atoms with E-state index in [1.807, 2.05) is 19.1 Å². The highest BCUT2D eigenvalue weighted by atomic mass is 28.4. The average molecular weight is 588 g/mol. The van der Waals surface area contributed by atoms with Crippen molar-refractivity contribution in [2.24, 2.45) is 0 Å². The number of esters is 1. The summed E-state index contributed by atoms with van der Waals surface area (Å²) >= 11 is 0. The molecule has 2 aromatic heterocycles. The van der Waals surface area contributed by atoms with Gasteiger partial charge in [-0.1, -0.05) is 26.8 Å². The number of carbonyl (C=O) groups is 1. The van der Waals surface area contributed by atoms with Crippen LogP contribution in [0.25, 0.3) is 16.8 Å². The first-order valence-electron chi connectivity index (χ1n) is 14.1. The molecule has 5 rings (SSSR count). The number of hydrogen-bond acceptors (Lipinski definition) is 6. The van der Waals surface area contributed by atoms with Crippen molar-refractivity contribution in [1.82, 2.24) is 9.97 Å². The first-order valence-corrected chi connectivity index (χ1v) is 17.0. The molecule has 0 saturated carbocycles. The largest absolute Gasteiger partial charge is 0.454 e. The van der Waals surface area contributed by atoms with Gasteiger partial charge in [0.05, 0.1) is 23.4 Å². The number of benzene rings is 1. The Hall–Kier alpha value is -3.74. The van der Waals surface area contributed by atoms with Crippen LogP contribution in [0.4, 0.5) is 8.78 Å². The van der Waals surface area contributed by atoms with Crippen LogP contribution in [-0.4, -0.2) is 30.4 Å². The Morgan fingerprint density at radius 1 is 1.19 bits per heavy atom. The number of rotatable bonds is 5. The number of fused-ring (bicyclic) bond motifs is 2. The summed E-state index contributed by atoms with van der Waals surface area (Å²) in [7, 11) is -2.26. The van der Waals surface area contributed by atoms with Crippen molar-refractivity contribution < 1.29 is 22.7 Å². The van der Waals surface area contributed by atoms with Gasteiger partial charge < -0.3 is 9.16 Å². The predicted molar refractivity (Wildman–Crippen MR) is 159 cm³/mol. The molecule has 0 amide bonds. The molecule has 9 heteroatoms. The van der Waals surface area contributed by atoms with Gasteiger partial charge in [-0.05, 0) is 72.4 Å². The van der Waals surface area contributed by atoms with E-state index < -0.39 is 38.5 Å². The lowest BCUT2D eigenvalue weighted by Gasteiger charge is -2.40. The number of aromatic nitrogens is 2. The Kier molecular flexibility index (Phi) is 7.67. The van der Waals surface area contributed by atoms with E-state index in [4.69, 9.17) is 14.1 Å². The molecule has 42 heavy (non-hydrogen) atoms. The van der Waals surface area contributed by atoms with Crippen LogP contribution in [0.3, 0.4) is 0 Å². The molecule has 0 N–H and O–H groups in total. The number of nitriles is 1. The molecule has 3 aromatic rings. The Labute approximate surface area is 246 Å². The van der Waals surface area contributed by atoms with E-state index in [2.05, 4.69) is 44.9 Å². The molecule has 2 aliphatic rings. The maximum atomic E-state index is 15.7. The van der Waals surface area contributed by atoms with Crippen molar-refractivity contribution in [1.29, 1.82) is 5.26 Å². The first-order chi connectivity index (χ1) is 19.7. The molecule has 3 atom stereocenters. The molecule has 1 aromatic carbocycles. The zero-order valence-electron chi connectivity index (χ0n) is 25.0. The summed E-state index contributed by atoms with van der Waals surface area (Å²) in [5.74, 6) is -1.11. The number of hydrogen-bond donors (Lipinski definition) is 0. The molecule has 0 bridgehead atoms. The van der Waals surface area contributed by atoms with Gasteiger partial charge in [0, 0.05) is 53.7 Å². The molecule has 1 unspecified atom stereocenters. The predicted octanol–water partition coefficient (Wildman–Crippen LogP) is 7.86. The van der Waals surface area contributed by atoms with Gasteiger partial charge in [-0.3, -0.25) is 14.8 Å². The SMILES string of the molecule is CC(=O)O[C@H]1c2c(-c3cccnc3C)ncc(C3=CCC(O[Si](C)(C)C(C)(C)C)c4cc(F)cc(C#N)c43)c2C[C@H]1F. The summed E-state index contributed by atoms with van der Waals surface area (Å²) in [5.41, 5.74) is 5.70. The zero-order valence-corrected chi connectivity index (χ0v) is 26.0. The van der Waals surface area contributed by atoms with Gasteiger partial charge in [0.2, 0.25) is 0 Å². The summed E-state index contributed by atoms with van der Waals surface area (Å²) in [6.45, 7) is 13.8. The fourth-order valence-corrected chi connectivity index (χ4v) is 6.97. The number of carbonyl (C=O) groups excluding carboxylic acids is 1. The Balaban J connectivity index is 1.72. The van der Waals surface area contributed by atoms with Gasteiger partial charge in [-0.15, -0.1) is 0 Å². The Morgan fingerprint density at radius 3 is 2.57 bits per heavy atom. The van der Waals surface area contributed by atoms with Crippen LogP contribution in [0.5, 0.6) is 0 Å². The van der Waals surface area contributed by atoms with Gasteiger partial charge in [0.15, 0.2) is 14.4 Å². The van der Waals surface area contributed by atoms with Crippen molar-refractivity contribution in [3.05, 3.63) is 87.6 Å². The minimum absolute atomic E-state index is 0.00288. The molecular weight excluding hydrogens is 552 g/mol. The monoisotopic (exact) mass is 587 g/mol. The van der Waals surface area contributed by atoms with E-state index in [-0.39, 0.29) is 17.0 Å². The molecule has 2 heterocycles. The highest BCUT2D eigenvalue weighted by molar-refractivity contribution is 6.74. The molecule has 0 saturated heterocycles. The molecule has 0 aliphatic heterocycles. The fourth-order valence-electron chi connectivity index (χ4n) is 5.68. The minimum Gasteiger partial charge on any atom is -0.454 e. The van der Waals surface area contributed by atoms with Crippen LogP contribution < -0.4 is 0 Å². The summed E-state index contributed by atoms with van der Waals surface area (Å²) in [4.78, 5) is 21.2. The Bertz CT molecular complexity index is 1660. The zero-order chi connectivity index (χ0) is 30.6.